The molecule has 19 N–H and O–H groups in total. The number of nitrogens with one attached hydrogen (secondary N) is 5. The maximum Gasteiger partial charge on any atom is 0.251 e. The molecule has 1 aromatic carbocycles. The molecule has 6 aliphatic rings. The first-order valence-corrected chi connectivity index (χ1v) is 33.2. The molecule has 16 unspecified atom stereocenters. The molecule has 36 heteroatoms. The van der Waals surface area contributed by atoms with Crippen LogP contribution < -0.4 is 31.3 Å². The summed E-state index contributed by atoms with van der Waals surface area (Å²) in [5.41, 5.74) is 0.0594. The quantitative estimate of drug-likeness (QED) is 0.0298. The molecular weight excluding hydrogens is 1310 g/mol. The summed E-state index contributed by atoms with van der Waals surface area (Å²) in [7, 11) is 0. The van der Waals surface area contributed by atoms with Crippen molar-refractivity contribution in [3.63, 3.8) is 0 Å². The fourth-order valence-corrected chi connectivity index (χ4v) is 12.7. The number of rotatable bonds is 32. The molecule has 0 aliphatic carbocycles. The van der Waals surface area contributed by atoms with E-state index >= 15 is 0 Å². The van der Waals surface area contributed by atoms with Crippen molar-refractivity contribution in [1.82, 2.24) is 26.6 Å². The van der Waals surface area contributed by atoms with Gasteiger partial charge in [0.15, 0.2) is 37.7 Å². The van der Waals surface area contributed by atoms with E-state index in [0.29, 0.717) is 12.4 Å². The van der Waals surface area contributed by atoms with Crippen LogP contribution in [0.4, 0.5) is 0 Å². The minimum atomic E-state index is -2.07. The lowest BCUT2D eigenvalue weighted by Crippen LogP contribution is -2.72. The third-order valence-electron chi connectivity index (χ3n) is 17.9. The van der Waals surface area contributed by atoms with Crippen LogP contribution in [-0.4, -0.2) is 325 Å². The van der Waals surface area contributed by atoms with Gasteiger partial charge in [-0.25, -0.2) is 0 Å². The van der Waals surface area contributed by atoms with Gasteiger partial charge in [-0.3, -0.25) is 24.0 Å². The highest BCUT2D eigenvalue weighted by molar-refractivity contribution is 5.94. The highest BCUT2D eigenvalue weighted by Gasteiger charge is 2.58. The van der Waals surface area contributed by atoms with Gasteiger partial charge in [-0.15, -0.1) is 0 Å². The average molecular weight is 1410 g/mol. The van der Waals surface area contributed by atoms with Crippen LogP contribution in [0.5, 0.6) is 5.75 Å². The fourth-order valence-electron chi connectivity index (χ4n) is 12.7. The van der Waals surface area contributed by atoms with Gasteiger partial charge in [0.1, 0.15) is 146 Å². The molecule has 5 amide bonds. The van der Waals surface area contributed by atoms with Crippen molar-refractivity contribution in [2.24, 2.45) is 0 Å². The van der Waals surface area contributed by atoms with E-state index in [1.165, 1.54) is 51.2 Å². The smallest absolute Gasteiger partial charge is 0.251 e. The minimum absolute atomic E-state index is 0.0594. The van der Waals surface area contributed by atoms with Crippen molar-refractivity contribution in [1.29, 1.82) is 0 Å². The van der Waals surface area contributed by atoms with E-state index in [-0.39, 0.29) is 5.56 Å². The third kappa shape index (κ3) is 20.6. The van der Waals surface area contributed by atoms with Crippen molar-refractivity contribution in [3.8, 4) is 5.75 Å². The Morgan fingerprint density at radius 3 is 1.26 bits per heavy atom. The third-order valence-corrected chi connectivity index (χ3v) is 17.9. The summed E-state index contributed by atoms with van der Waals surface area (Å²) in [6, 6.07) is -2.45. The molecule has 0 saturated carbocycles. The molecule has 6 fully saturated rings. The standard InChI is InChI=1S/C62H101N5O31/c1-7-8-9-10-11-12-13-14-15-19-87-32-18-16-17-31(20-32)56(85)67-39-45(78)44(77)33(21-68)91-58(39)95-52-34(22-69)92-59(40(47(52)80)64-28(4)73)96-53-35(23-70)93-60(41(48(53)81)65-29(5)74)97-54-36(24-71)94-61(42(49(54)82)66-30(6)75)98-55-37(90-57(86)38(46(55)79)63-27(3)72)25-88-62-51(84)50(83)43(76)26(2)89-62/h16-18,20,26,33-55,57-62,68-71,76-84,86H,7-15,19,21-25H2,1-6H3,(H,63,72)(H,64,73)(H,65,74)(H,66,75)(H,67,85)/t26?,33?,34?,35?,36?,37?,38-,39-,40?,41-,42?,43+,44+,45+,46+,47?,48+,49?,50+,51+,52+,53?,54+,55?,57?,58?,59-,60-,61?,62?/m0/s1. The highest BCUT2D eigenvalue weighted by atomic mass is 16.8. The van der Waals surface area contributed by atoms with Gasteiger partial charge in [-0.05, 0) is 31.5 Å². The highest BCUT2D eigenvalue weighted by Crippen LogP contribution is 2.37. The predicted octanol–water partition coefficient (Wildman–Crippen LogP) is -7.15. The number of aliphatic hydroxyl groups is 14. The lowest BCUT2D eigenvalue weighted by molar-refractivity contribution is -0.368. The molecule has 0 bridgehead atoms. The number of hydrogen-bond acceptors (Lipinski definition) is 31. The van der Waals surface area contributed by atoms with Gasteiger partial charge < -0.3 is 155 Å². The number of benzene rings is 1. The number of hydrogen-bond donors (Lipinski definition) is 19. The average Bonchev–Trinajstić information content (AvgIpc) is 0.772. The van der Waals surface area contributed by atoms with Crippen molar-refractivity contribution in [2.75, 3.05) is 39.6 Å². The zero-order valence-corrected chi connectivity index (χ0v) is 55.4. The molecule has 98 heavy (non-hydrogen) atoms. The lowest BCUT2D eigenvalue weighted by Gasteiger charge is -2.51. The topological polar surface area (TPSA) is 539 Å². The molecule has 0 radical (unpaired) electrons. The number of carbonyl (C=O) groups excluding carboxylic acids is 5. The predicted molar refractivity (Wildman–Crippen MR) is 329 cm³/mol. The molecular formula is C62H101N5O31. The van der Waals surface area contributed by atoms with Crippen molar-refractivity contribution in [2.45, 2.75) is 283 Å². The van der Waals surface area contributed by atoms with Crippen LogP contribution in [0, 0.1) is 0 Å². The van der Waals surface area contributed by atoms with Crippen LogP contribution in [0.1, 0.15) is 110 Å². The molecule has 0 aromatic heterocycles. The van der Waals surface area contributed by atoms with Crippen molar-refractivity contribution >= 4 is 29.5 Å². The van der Waals surface area contributed by atoms with Crippen LogP contribution in [0.3, 0.4) is 0 Å². The molecule has 6 heterocycles. The SMILES string of the molecule is CCCCCCCCCCCOc1cccc(C(=O)N[C@@H]2C(O[C@@H]3C(CO)O[C@@H](OC4C(CO)O[C@@H](O[C@@H]5C(CO)OC(OC6C(COC7OC(C)[C@@H](O)[C@@H](O)[C@H]7O)OC(O)[C@@H](NC(C)=O)[C@H]6O)C(NC(C)=O)C5O)[C@@H](NC(C)=O)[C@H]4O)C(NC(C)=O)C3O)OC(CO)[C@@H](O)[C@@H]2O)c1. The minimum Gasteiger partial charge on any atom is -0.494 e. The van der Waals surface area contributed by atoms with Gasteiger partial charge in [0, 0.05) is 33.3 Å². The Bertz CT molecular complexity index is 2660. The summed E-state index contributed by atoms with van der Waals surface area (Å²) in [4.78, 5) is 65.0. The van der Waals surface area contributed by atoms with Gasteiger partial charge in [-0.2, -0.15) is 0 Å². The Hall–Kier alpha value is -4.63. The largest absolute Gasteiger partial charge is 0.494 e. The maximum atomic E-state index is 14.0. The summed E-state index contributed by atoms with van der Waals surface area (Å²) >= 11 is 0. The van der Waals surface area contributed by atoms with E-state index < -0.39 is 246 Å². The Kier molecular flexibility index (Phi) is 31.3. The molecule has 7 rings (SSSR count). The van der Waals surface area contributed by atoms with E-state index in [1.807, 2.05) is 0 Å². The number of ether oxygens (including phenoxy) is 12. The van der Waals surface area contributed by atoms with Gasteiger partial charge >= 0.3 is 0 Å². The van der Waals surface area contributed by atoms with E-state index in [4.69, 9.17) is 56.8 Å². The summed E-state index contributed by atoms with van der Waals surface area (Å²) in [5, 5.41) is 168. The summed E-state index contributed by atoms with van der Waals surface area (Å²) < 4.78 is 72.0. The van der Waals surface area contributed by atoms with Crippen LogP contribution >= 0.6 is 0 Å². The first kappa shape index (κ1) is 80.7. The van der Waals surface area contributed by atoms with Gasteiger partial charge in [0.25, 0.3) is 5.91 Å². The molecule has 560 valence electrons. The number of carbonyl (C=O) groups is 5. The number of amides is 5. The molecule has 1 aromatic rings. The Morgan fingerprint density at radius 2 is 0.816 bits per heavy atom. The second-order valence-corrected chi connectivity index (χ2v) is 25.4. The first-order valence-electron chi connectivity index (χ1n) is 33.2. The maximum absolute atomic E-state index is 14.0. The number of aliphatic hydroxyl groups excluding tert-OH is 14. The van der Waals surface area contributed by atoms with Gasteiger partial charge in [0.2, 0.25) is 23.6 Å². The Morgan fingerprint density at radius 1 is 0.418 bits per heavy atom. The molecule has 30 atom stereocenters. The second kappa shape index (κ2) is 38.0. The fraction of sp³-hybridized carbons (Fsp3) is 0.823. The number of unbranched alkanes of at least 4 members (excludes halogenated alkanes) is 8. The van der Waals surface area contributed by atoms with E-state index in [9.17, 15) is 95.5 Å². The van der Waals surface area contributed by atoms with Crippen LogP contribution in [0.2, 0.25) is 0 Å². The molecule has 6 saturated heterocycles. The zero-order valence-electron chi connectivity index (χ0n) is 55.4. The molecule has 6 aliphatic heterocycles. The van der Waals surface area contributed by atoms with E-state index in [2.05, 4.69) is 33.5 Å². The van der Waals surface area contributed by atoms with Crippen LogP contribution in [0.25, 0.3) is 0 Å². The lowest BCUT2D eigenvalue weighted by atomic mass is 9.93. The van der Waals surface area contributed by atoms with Crippen molar-refractivity contribution < 1.29 is 152 Å². The summed E-state index contributed by atoms with van der Waals surface area (Å²) in [6.45, 7) is 3.38. The second-order valence-electron chi connectivity index (χ2n) is 25.4. The van der Waals surface area contributed by atoms with Crippen LogP contribution in [-0.2, 0) is 71.3 Å². The zero-order chi connectivity index (χ0) is 71.8. The van der Waals surface area contributed by atoms with Crippen molar-refractivity contribution in [3.05, 3.63) is 29.8 Å². The Labute approximate surface area is 565 Å². The van der Waals surface area contributed by atoms with Gasteiger partial charge in [0.05, 0.1) is 45.7 Å². The first-order chi connectivity index (χ1) is 46.7. The summed E-state index contributed by atoms with van der Waals surface area (Å²) in [5.74, 6) is -3.68. The summed E-state index contributed by atoms with van der Waals surface area (Å²) in [6.07, 6.45) is -34.9. The van der Waals surface area contributed by atoms with Crippen LogP contribution in [0.15, 0.2) is 24.3 Å². The van der Waals surface area contributed by atoms with Gasteiger partial charge in [-0.1, -0.05) is 64.4 Å². The Balaban J connectivity index is 1.07. The normalized spacial score (nSPS) is 39.8. The monoisotopic (exact) mass is 1410 g/mol. The molecule has 36 nitrogen and oxygen atoms in total. The molecule has 0 spiro atoms. The van der Waals surface area contributed by atoms with E-state index in [0.717, 1.165) is 53.4 Å². The van der Waals surface area contributed by atoms with E-state index in [1.54, 1.807) is 12.1 Å².